The number of nitrogens with zero attached hydrogens (tertiary/aromatic N) is 3. The van der Waals surface area contributed by atoms with Crippen molar-refractivity contribution in [1.82, 2.24) is 14.9 Å². The van der Waals surface area contributed by atoms with Gasteiger partial charge >= 0.3 is 0 Å². The van der Waals surface area contributed by atoms with Crippen LogP contribution in [0.1, 0.15) is 31.4 Å². The van der Waals surface area contributed by atoms with Gasteiger partial charge in [0.1, 0.15) is 0 Å². The van der Waals surface area contributed by atoms with Crippen molar-refractivity contribution in [2.75, 3.05) is 25.9 Å². The summed E-state index contributed by atoms with van der Waals surface area (Å²) in [6.45, 7) is 4.66. The number of anilines is 1. The van der Waals surface area contributed by atoms with E-state index >= 15 is 0 Å². The van der Waals surface area contributed by atoms with E-state index in [0.717, 1.165) is 11.3 Å². The van der Waals surface area contributed by atoms with Crippen molar-refractivity contribution in [1.29, 1.82) is 0 Å². The van der Waals surface area contributed by atoms with Crippen LogP contribution in [0.3, 0.4) is 0 Å². The van der Waals surface area contributed by atoms with Gasteiger partial charge < -0.3 is 10.5 Å². The van der Waals surface area contributed by atoms with Crippen molar-refractivity contribution < 1.29 is 4.74 Å². The number of nitrogen functional groups attached to an aromatic ring is 1. The lowest BCUT2D eigenvalue weighted by molar-refractivity contribution is 0.263. The molecule has 1 aliphatic rings. The van der Waals surface area contributed by atoms with Crippen LogP contribution in [0, 0.1) is 0 Å². The molecule has 0 saturated carbocycles. The average Bonchev–Trinajstić information content (AvgIpc) is 3.08. The highest BCUT2D eigenvalue weighted by Crippen LogP contribution is 2.27. The zero-order valence-electron chi connectivity index (χ0n) is 13.1. The number of nitrogens with two attached hydrogens (primary N) is 1. The van der Waals surface area contributed by atoms with Crippen LogP contribution >= 0.6 is 0 Å². The van der Waals surface area contributed by atoms with E-state index in [2.05, 4.69) is 46.1 Å². The molecule has 0 aliphatic carbocycles. The summed E-state index contributed by atoms with van der Waals surface area (Å²) in [6, 6.07) is 10.8. The van der Waals surface area contributed by atoms with Gasteiger partial charge in [-0.3, -0.25) is 4.90 Å². The summed E-state index contributed by atoms with van der Waals surface area (Å²) in [4.78, 5) is 10.8. The third kappa shape index (κ3) is 3.04. The number of likely N-dealkylation sites (tertiary alicyclic amines) is 1. The fourth-order valence-corrected chi connectivity index (χ4v) is 2.97. The van der Waals surface area contributed by atoms with E-state index in [-0.39, 0.29) is 5.95 Å². The Morgan fingerprint density at radius 1 is 1.14 bits per heavy atom. The second kappa shape index (κ2) is 6.32. The highest BCUT2D eigenvalue weighted by atomic mass is 16.5. The molecule has 0 unspecified atom stereocenters. The number of methoxy groups -OCH3 is 1. The molecule has 2 aromatic rings. The Hall–Kier alpha value is -2.14. The summed E-state index contributed by atoms with van der Waals surface area (Å²) < 4.78 is 5.15. The highest BCUT2D eigenvalue weighted by Gasteiger charge is 2.19. The third-order valence-electron chi connectivity index (χ3n) is 4.31. The van der Waals surface area contributed by atoms with Crippen LogP contribution < -0.4 is 10.5 Å². The maximum atomic E-state index is 5.72. The Kier molecular flexibility index (Phi) is 4.24. The summed E-state index contributed by atoms with van der Waals surface area (Å²) >= 11 is 0. The predicted molar refractivity (Wildman–Crippen MR) is 87.7 cm³/mol. The number of benzene rings is 1. The molecule has 2 heterocycles. The predicted octanol–water partition coefficient (Wildman–Crippen LogP) is 2.89. The summed E-state index contributed by atoms with van der Waals surface area (Å²) in [7, 11) is 1.58. The molecule has 5 nitrogen and oxygen atoms in total. The third-order valence-corrected chi connectivity index (χ3v) is 4.31. The van der Waals surface area contributed by atoms with Crippen LogP contribution in [0.4, 0.5) is 5.95 Å². The van der Waals surface area contributed by atoms with Gasteiger partial charge in [0.15, 0.2) is 0 Å². The molecule has 3 rings (SSSR count). The van der Waals surface area contributed by atoms with Crippen LogP contribution in [-0.4, -0.2) is 35.1 Å². The minimum Gasteiger partial charge on any atom is -0.481 e. The van der Waals surface area contributed by atoms with E-state index < -0.39 is 0 Å². The Labute approximate surface area is 131 Å². The molecule has 0 radical (unpaired) electrons. The van der Waals surface area contributed by atoms with Crippen LogP contribution in [0.15, 0.2) is 30.3 Å². The summed E-state index contributed by atoms with van der Waals surface area (Å²) in [5.41, 5.74) is 8.86. The van der Waals surface area contributed by atoms with Crippen molar-refractivity contribution in [2.24, 2.45) is 0 Å². The van der Waals surface area contributed by atoms with Gasteiger partial charge in [-0.25, -0.2) is 4.98 Å². The van der Waals surface area contributed by atoms with E-state index in [0.29, 0.717) is 11.9 Å². The first-order chi connectivity index (χ1) is 10.7. The first-order valence-electron chi connectivity index (χ1n) is 7.70. The summed E-state index contributed by atoms with van der Waals surface area (Å²) in [5, 5.41) is 0. The standard InChI is InChI=1S/C17H22N4O/c1-12(21-9-3-4-10-21)13-5-7-14(8-6-13)15-11-16(22-2)20-17(18)19-15/h5-8,11-12H,3-4,9-10H2,1-2H3,(H2,18,19,20)/t12-/m1/s1. The van der Waals surface area contributed by atoms with Gasteiger partial charge in [0.25, 0.3) is 0 Å². The van der Waals surface area contributed by atoms with Gasteiger partial charge in [-0.05, 0) is 38.4 Å². The average molecular weight is 298 g/mol. The first-order valence-corrected chi connectivity index (χ1v) is 7.70. The molecule has 0 amide bonds. The highest BCUT2D eigenvalue weighted by molar-refractivity contribution is 5.61. The molecule has 1 atom stereocenters. The quantitative estimate of drug-likeness (QED) is 0.940. The maximum absolute atomic E-state index is 5.72. The zero-order chi connectivity index (χ0) is 15.5. The monoisotopic (exact) mass is 298 g/mol. The molecule has 116 valence electrons. The minimum atomic E-state index is 0.226. The van der Waals surface area contributed by atoms with Gasteiger partial charge in [-0.2, -0.15) is 4.98 Å². The Balaban J connectivity index is 1.83. The molecule has 0 bridgehead atoms. The van der Waals surface area contributed by atoms with Gasteiger partial charge in [0.2, 0.25) is 11.8 Å². The maximum Gasteiger partial charge on any atom is 0.223 e. The summed E-state index contributed by atoms with van der Waals surface area (Å²) in [5.74, 6) is 0.709. The second-order valence-electron chi connectivity index (χ2n) is 5.69. The van der Waals surface area contributed by atoms with Crippen molar-refractivity contribution in [2.45, 2.75) is 25.8 Å². The number of aromatic nitrogens is 2. The lowest BCUT2D eigenvalue weighted by Crippen LogP contribution is -2.23. The largest absolute Gasteiger partial charge is 0.481 e. The molecule has 0 spiro atoms. The molecule has 1 saturated heterocycles. The lowest BCUT2D eigenvalue weighted by atomic mass is 10.0. The van der Waals surface area contributed by atoms with Crippen LogP contribution in [0.25, 0.3) is 11.3 Å². The molecular formula is C17H22N4O. The van der Waals surface area contributed by atoms with Gasteiger partial charge in [0, 0.05) is 17.7 Å². The molecule has 1 aromatic carbocycles. The van der Waals surface area contributed by atoms with Crippen molar-refractivity contribution in [3.63, 3.8) is 0 Å². The van der Waals surface area contributed by atoms with E-state index in [4.69, 9.17) is 10.5 Å². The summed E-state index contributed by atoms with van der Waals surface area (Å²) in [6.07, 6.45) is 2.62. The minimum absolute atomic E-state index is 0.226. The fraction of sp³-hybridized carbons (Fsp3) is 0.412. The van der Waals surface area contributed by atoms with Gasteiger partial charge in [-0.15, -0.1) is 0 Å². The normalized spacial score (nSPS) is 16.6. The molecule has 5 heteroatoms. The van der Waals surface area contributed by atoms with Crippen molar-refractivity contribution in [3.8, 4) is 17.1 Å². The molecule has 1 fully saturated rings. The fourth-order valence-electron chi connectivity index (χ4n) is 2.97. The van der Waals surface area contributed by atoms with E-state index in [1.807, 2.05) is 0 Å². The Morgan fingerprint density at radius 2 is 1.82 bits per heavy atom. The number of rotatable bonds is 4. The molecule has 2 N–H and O–H groups in total. The number of hydrogen-bond donors (Lipinski definition) is 1. The Bertz CT molecular complexity index is 636. The van der Waals surface area contributed by atoms with Crippen molar-refractivity contribution in [3.05, 3.63) is 35.9 Å². The SMILES string of the molecule is COc1cc(-c2ccc([C@@H](C)N3CCCC3)cc2)nc(N)n1. The topological polar surface area (TPSA) is 64.3 Å². The van der Waals surface area contributed by atoms with E-state index in [1.54, 1.807) is 13.2 Å². The molecule has 1 aromatic heterocycles. The number of hydrogen-bond acceptors (Lipinski definition) is 5. The number of ether oxygens (including phenoxy) is 1. The van der Waals surface area contributed by atoms with Crippen LogP contribution in [-0.2, 0) is 0 Å². The molecule has 22 heavy (non-hydrogen) atoms. The van der Waals surface area contributed by atoms with E-state index in [9.17, 15) is 0 Å². The van der Waals surface area contributed by atoms with Gasteiger partial charge in [-0.1, -0.05) is 24.3 Å². The molecular weight excluding hydrogens is 276 g/mol. The van der Waals surface area contributed by atoms with Gasteiger partial charge in [0.05, 0.1) is 12.8 Å². The van der Waals surface area contributed by atoms with E-state index in [1.165, 1.54) is 31.5 Å². The smallest absolute Gasteiger partial charge is 0.223 e. The van der Waals surface area contributed by atoms with Crippen molar-refractivity contribution >= 4 is 5.95 Å². The molecule has 1 aliphatic heterocycles. The first kappa shape index (κ1) is 14.8. The lowest BCUT2D eigenvalue weighted by Gasteiger charge is -2.24. The Morgan fingerprint density at radius 3 is 2.45 bits per heavy atom. The second-order valence-corrected chi connectivity index (χ2v) is 5.69. The zero-order valence-corrected chi connectivity index (χ0v) is 13.1. The van der Waals surface area contributed by atoms with Crippen LogP contribution in [0.2, 0.25) is 0 Å². The van der Waals surface area contributed by atoms with Crippen LogP contribution in [0.5, 0.6) is 5.88 Å².